The van der Waals surface area contributed by atoms with E-state index < -0.39 is 0 Å². The summed E-state index contributed by atoms with van der Waals surface area (Å²) in [4.78, 5) is 8.83. The first-order valence-corrected chi connectivity index (χ1v) is 10.3. The Hall–Kier alpha value is -3.17. The molecule has 136 valence electrons. The first-order valence-electron chi connectivity index (χ1n) is 9.47. The van der Waals surface area contributed by atoms with Crippen molar-refractivity contribution in [3.63, 3.8) is 0 Å². The van der Waals surface area contributed by atoms with Crippen molar-refractivity contribution < 1.29 is 0 Å². The van der Waals surface area contributed by atoms with E-state index in [-0.39, 0.29) is 6.04 Å². The van der Waals surface area contributed by atoms with E-state index in [0.717, 1.165) is 23.6 Å². The van der Waals surface area contributed by atoms with E-state index in [2.05, 4.69) is 107 Å². The summed E-state index contributed by atoms with van der Waals surface area (Å²) in [6, 6.07) is 34.2. The zero-order valence-corrected chi connectivity index (χ0v) is 16.2. The van der Waals surface area contributed by atoms with Crippen LogP contribution in [-0.4, -0.2) is 10.7 Å². The van der Waals surface area contributed by atoms with Crippen molar-refractivity contribution in [3.05, 3.63) is 124 Å². The van der Waals surface area contributed by atoms with Crippen LogP contribution in [0.3, 0.4) is 0 Å². The molecule has 2 heterocycles. The summed E-state index contributed by atoms with van der Waals surface area (Å²) in [5, 5.41) is 2.15. The Labute approximate surface area is 169 Å². The van der Waals surface area contributed by atoms with Gasteiger partial charge in [-0.1, -0.05) is 91.0 Å². The van der Waals surface area contributed by atoms with E-state index in [1.807, 2.05) is 0 Å². The Kier molecular flexibility index (Phi) is 4.51. The summed E-state index contributed by atoms with van der Waals surface area (Å²) in [5.74, 6) is 1.03. The molecule has 0 amide bonds. The van der Waals surface area contributed by atoms with Crippen molar-refractivity contribution in [3.8, 4) is 0 Å². The lowest BCUT2D eigenvalue weighted by atomic mass is 9.98. The van der Waals surface area contributed by atoms with Gasteiger partial charge in [-0.2, -0.15) is 0 Å². The topological polar surface area (TPSA) is 15.6 Å². The first-order chi connectivity index (χ1) is 13.9. The summed E-state index contributed by atoms with van der Waals surface area (Å²) in [5.41, 5.74) is 4.82. The van der Waals surface area contributed by atoms with Gasteiger partial charge in [0, 0.05) is 12.1 Å². The molecule has 0 saturated heterocycles. The molecule has 0 saturated carbocycles. The molecule has 1 aromatic heterocycles. The molecule has 4 aromatic rings. The lowest BCUT2D eigenvalue weighted by molar-refractivity contribution is 0.349. The zero-order valence-electron chi connectivity index (χ0n) is 15.4. The minimum atomic E-state index is 0.157. The molecule has 5 rings (SSSR count). The summed E-state index contributed by atoms with van der Waals surface area (Å²) in [6.45, 7) is 0.811. The monoisotopic (exact) mass is 380 g/mol. The molecule has 3 aromatic carbocycles. The Balaban J connectivity index is 1.68. The number of thiophene rings is 1. The molecule has 1 aliphatic heterocycles. The quantitative estimate of drug-likeness (QED) is 0.398. The predicted molar refractivity (Wildman–Crippen MR) is 117 cm³/mol. The van der Waals surface area contributed by atoms with Crippen LogP contribution in [0.2, 0.25) is 0 Å². The van der Waals surface area contributed by atoms with Crippen molar-refractivity contribution in [1.29, 1.82) is 0 Å². The molecule has 0 N–H and O–H groups in total. The van der Waals surface area contributed by atoms with E-state index in [0.29, 0.717) is 0 Å². The lowest BCUT2D eigenvalue weighted by Gasteiger charge is -2.37. The second-order valence-electron chi connectivity index (χ2n) is 6.90. The van der Waals surface area contributed by atoms with Gasteiger partial charge in [-0.3, -0.25) is 0 Å². The van der Waals surface area contributed by atoms with Gasteiger partial charge < -0.3 is 4.90 Å². The maximum atomic E-state index is 5.08. The van der Waals surface area contributed by atoms with Gasteiger partial charge in [-0.05, 0) is 22.6 Å². The van der Waals surface area contributed by atoms with Gasteiger partial charge in [0.25, 0.3) is 0 Å². The molecule has 2 nitrogen and oxygen atoms in total. The van der Waals surface area contributed by atoms with Crippen LogP contribution in [0.15, 0.2) is 107 Å². The second kappa shape index (κ2) is 7.45. The predicted octanol–water partition coefficient (Wildman–Crippen LogP) is 6.43. The van der Waals surface area contributed by atoms with Crippen molar-refractivity contribution in [1.82, 2.24) is 4.90 Å². The van der Waals surface area contributed by atoms with Gasteiger partial charge in [0.05, 0.1) is 16.6 Å². The van der Waals surface area contributed by atoms with Gasteiger partial charge in [-0.15, -0.1) is 11.3 Å². The highest BCUT2D eigenvalue weighted by molar-refractivity contribution is 7.10. The van der Waals surface area contributed by atoms with E-state index >= 15 is 0 Å². The van der Waals surface area contributed by atoms with E-state index in [1.54, 1.807) is 11.3 Å². The van der Waals surface area contributed by atoms with Crippen LogP contribution in [0.5, 0.6) is 0 Å². The maximum absolute atomic E-state index is 5.08. The van der Waals surface area contributed by atoms with Gasteiger partial charge in [0.1, 0.15) is 5.84 Å². The molecular formula is C25H20N2S. The minimum absolute atomic E-state index is 0.157. The SMILES string of the molecule is c1ccc(CN2C(c3ccccc3)=Nc3ccsc3C2c2ccccc2)cc1. The van der Waals surface area contributed by atoms with Gasteiger partial charge in [0.15, 0.2) is 0 Å². The van der Waals surface area contributed by atoms with Crippen LogP contribution in [0.4, 0.5) is 5.69 Å². The average molecular weight is 381 g/mol. The fraction of sp³-hybridized carbons (Fsp3) is 0.0800. The van der Waals surface area contributed by atoms with Crippen molar-refractivity contribution in [2.45, 2.75) is 12.6 Å². The third kappa shape index (κ3) is 3.14. The van der Waals surface area contributed by atoms with Gasteiger partial charge in [-0.25, -0.2) is 4.99 Å². The zero-order chi connectivity index (χ0) is 18.8. The Bertz CT molecular complexity index is 1090. The molecule has 3 heteroatoms. The fourth-order valence-electron chi connectivity index (χ4n) is 3.78. The first kappa shape index (κ1) is 17.0. The fourth-order valence-corrected chi connectivity index (χ4v) is 4.75. The minimum Gasteiger partial charge on any atom is -0.340 e. The maximum Gasteiger partial charge on any atom is 0.137 e. The van der Waals surface area contributed by atoms with E-state index in [1.165, 1.54) is 16.0 Å². The van der Waals surface area contributed by atoms with Gasteiger partial charge >= 0.3 is 0 Å². The third-order valence-corrected chi connectivity index (χ3v) is 6.03. The Morgan fingerprint density at radius 1 is 0.750 bits per heavy atom. The van der Waals surface area contributed by atoms with Crippen LogP contribution in [0, 0.1) is 0 Å². The molecule has 1 atom stereocenters. The van der Waals surface area contributed by atoms with Crippen LogP contribution in [0.1, 0.15) is 27.6 Å². The Morgan fingerprint density at radius 3 is 2.11 bits per heavy atom. The highest BCUT2D eigenvalue weighted by Crippen LogP contribution is 2.44. The highest BCUT2D eigenvalue weighted by Gasteiger charge is 2.32. The largest absolute Gasteiger partial charge is 0.340 e. The highest BCUT2D eigenvalue weighted by atomic mass is 32.1. The van der Waals surface area contributed by atoms with Crippen LogP contribution >= 0.6 is 11.3 Å². The number of hydrogen-bond acceptors (Lipinski definition) is 3. The van der Waals surface area contributed by atoms with E-state index in [4.69, 9.17) is 4.99 Å². The molecule has 28 heavy (non-hydrogen) atoms. The standard InChI is InChI=1S/C25H20N2S/c1-4-10-19(11-5-1)18-27-23(20-12-6-2-7-13-20)24-22(16-17-28-24)26-25(27)21-14-8-3-9-15-21/h1-17,23H,18H2. The number of nitrogens with zero attached hydrogens (tertiary/aromatic N) is 2. The van der Waals surface area contributed by atoms with Crippen LogP contribution in [0.25, 0.3) is 0 Å². The summed E-state index contributed by atoms with van der Waals surface area (Å²) >= 11 is 1.79. The average Bonchev–Trinajstić information content (AvgIpc) is 3.23. The smallest absolute Gasteiger partial charge is 0.137 e. The molecule has 1 unspecified atom stereocenters. The van der Waals surface area contributed by atoms with Crippen molar-refractivity contribution in [2.24, 2.45) is 4.99 Å². The molecule has 1 aliphatic rings. The number of hydrogen-bond donors (Lipinski definition) is 0. The van der Waals surface area contributed by atoms with Crippen molar-refractivity contribution >= 4 is 22.9 Å². The second-order valence-corrected chi connectivity index (χ2v) is 7.85. The lowest BCUT2D eigenvalue weighted by Crippen LogP contribution is -2.37. The third-order valence-electron chi connectivity index (χ3n) is 5.07. The number of aliphatic imine (C=N–C) groups is 1. The Morgan fingerprint density at radius 2 is 1.39 bits per heavy atom. The van der Waals surface area contributed by atoms with Crippen molar-refractivity contribution in [2.75, 3.05) is 0 Å². The number of amidine groups is 1. The molecular weight excluding hydrogens is 360 g/mol. The van der Waals surface area contributed by atoms with Crippen LogP contribution in [-0.2, 0) is 6.54 Å². The molecule has 0 fully saturated rings. The number of benzene rings is 3. The number of fused-ring (bicyclic) bond motifs is 1. The molecule has 0 radical (unpaired) electrons. The molecule has 0 bridgehead atoms. The summed E-state index contributed by atoms with van der Waals surface area (Å²) < 4.78 is 0. The molecule has 0 spiro atoms. The van der Waals surface area contributed by atoms with E-state index in [9.17, 15) is 0 Å². The summed E-state index contributed by atoms with van der Waals surface area (Å²) in [7, 11) is 0. The normalized spacial score (nSPS) is 15.8. The summed E-state index contributed by atoms with van der Waals surface area (Å²) in [6.07, 6.45) is 0. The number of rotatable bonds is 4. The molecule has 0 aliphatic carbocycles. The van der Waals surface area contributed by atoms with Gasteiger partial charge in [0.2, 0.25) is 0 Å². The van der Waals surface area contributed by atoms with Crippen LogP contribution < -0.4 is 0 Å².